The summed E-state index contributed by atoms with van der Waals surface area (Å²) in [5.41, 5.74) is 3.40. The Kier molecular flexibility index (Phi) is 6.42. The number of hydrogen-bond acceptors (Lipinski definition) is 5. The Hall–Kier alpha value is -2.74. The summed E-state index contributed by atoms with van der Waals surface area (Å²) in [6, 6.07) is 14.6. The van der Waals surface area contributed by atoms with E-state index in [2.05, 4.69) is 22.8 Å². The van der Waals surface area contributed by atoms with Gasteiger partial charge in [0.15, 0.2) is 0 Å². The van der Waals surface area contributed by atoms with E-state index in [0.29, 0.717) is 30.8 Å². The zero-order valence-electron chi connectivity index (χ0n) is 16.8. The number of amides is 2. The van der Waals surface area contributed by atoms with Crippen molar-refractivity contribution in [2.24, 2.45) is 0 Å². The van der Waals surface area contributed by atoms with Crippen LogP contribution in [0.15, 0.2) is 48.5 Å². The van der Waals surface area contributed by atoms with Crippen LogP contribution in [0, 0.1) is 0 Å². The average molecular weight is 409 g/mol. The first-order chi connectivity index (χ1) is 14.6. The van der Waals surface area contributed by atoms with E-state index in [0.717, 1.165) is 19.3 Å². The molecular formula is C23H27N3O4. The van der Waals surface area contributed by atoms with Gasteiger partial charge < -0.3 is 15.7 Å². The topological polar surface area (TPSA) is 90.9 Å². The van der Waals surface area contributed by atoms with E-state index in [-0.39, 0.29) is 24.4 Å². The molecule has 158 valence electrons. The van der Waals surface area contributed by atoms with Crippen molar-refractivity contribution in [1.82, 2.24) is 15.7 Å². The second-order valence-electron chi connectivity index (χ2n) is 7.76. The molecule has 0 aliphatic carbocycles. The highest BCUT2D eigenvalue weighted by Gasteiger charge is 2.25. The molecule has 3 N–H and O–H groups in total. The van der Waals surface area contributed by atoms with Crippen LogP contribution in [0.5, 0.6) is 0 Å². The maximum Gasteiger partial charge on any atom is 0.277 e. The fourth-order valence-electron chi connectivity index (χ4n) is 3.86. The largest absolute Gasteiger partial charge is 0.390 e. The van der Waals surface area contributed by atoms with Gasteiger partial charge in [0, 0.05) is 36.8 Å². The standard InChI is InChI=1S/C23H27N3O4/c27-21(20-13-18-5-1-2-6-19(18)14-24-20)15-25-22(28)16-7-9-17(10-8-16)23(29)26-11-3-4-12-30-26/h1-2,5-10,20-21,24,27H,3-4,11-15H2,(H,25,28). The molecule has 0 saturated carbocycles. The van der Waals surface area contributed by atoms with Gasteiger partial charge in [-0.2, -0.15) is 0 Å². The maximum absolute atomic E-state index is 12.5. The predicted octanol–water partition coefficient (Wildman–Crippen LogP) is 1.66. The van der Waals surface area contributed by atoms with E-state index in [4.69, 9.17) is 4.84 Å². The van der Waals surface area contributed by atoms with Crippen molar-refractivity contribution in [3.8, 4) is 0 Å². The van der Waals surface area contributed by atoms with Crippen molar-refractivity contribution >= 4 is 11.8 Å². The fraction of sp³-hybridized carbons (Fsp3) is 0.391. The molecule has 4 rings (SSSR count). The highest BCUT2D eigenvalue weighted by atomic mass is 16.7. The zero-order chi connectivity index (χ0) is 20.9. The molecule has 7 heteroatoms. The summed E-state index contributed by atoms with van der Waals surface area (Å²) in [7, 11) is 0. The number of aliphatic hydroxyl groups is 1. The molecule has 2 atom stereocenters. The first-order valence-electron chi connectivity index (χ1n) is 10.4. The molecule has 2 amide bonds. The lowest BCUT2D eigenvalue weighted by Gasteiger charge is -2.30. The molecule has 0 spiro atoms. The monoisotopic (exact) mass is 409 g/mol. The Morgan fingerprint density at radius 3 is 2.57 bits per heavy atom. The summed E-state index contributed by atoms with van der Waals surface area (Å²) in [4.78, 5) is 30.3. The van der Waals surface area contributed by atoms with Crippen molar-refractivity contribution in [2.75, 3.05) is 19.7 Å². The number of fused-ring (bicyclic) bond motifs is 1. The Balaban J connectivity index is 1.29. The average Bonchev–Trinajstić information content (AvgIpc) is 2.82. The van der Waals surface area contributed by atoms with Gasteiger partial charge in [-0.1, -0.05) is 24.3 Å². The molecule has 1 fully saturated rings. The molecule has 2 aromatic rings. The van der Waals surface area contributed by atoms with Crippen molar-refractivity contribution in [1.29, 1.82) is 0 Å². The molecule has 0 radical (unpaired) electrons. The number of carbonyl (C=O) groups excluding carboxylic acids is 2. The predicted molar refractivity (Wildman–Crippen MR) is 112 cm³/mol. The lowest BCUT2D eigenvalue weighted by atomic mass is 9.93. The first-order valence-corrected chi connectivity index (χ1v) is 10.4. The van der Waals surface area contributed by atoms with Crippen molar-refractivity contribution < 1.29 is 19.5 Å². The molecular weight excluding hydrogens is 382 g/mol. The van der Waals surface area contributed by atoms with E-state index < -0.39 is 6.10 Å². The van der Waals surface area contributed by atoms with Gasteiger partial charge in [0.25, 0.3) is 11.8 Å². The van der Waals surface area contributed by atoms with Crippen LogP contribution in [0.2, 0.25) is 0 Å². The quantitative estimate of drug-likeness (QED) is 0.699. The van der Waals surface area contributed by atoms with Crippen LogP contribution in [0.3, 0.4) is 0 Å². The van der Waals surface area contributed by atoms with Gasteiger partial charge >= 0.3 is 0 Å². The molecule has 0 bridgehead atoms. The molecule has 2 aliphatic heterocycles. The summed E-state index contributed by atoms with van der Waals surface area (Å²) in [6.07, 6.45) is 1.91. The molecule has 2 unspecified atom stereocenters. The number of hydrogen-bond donors (Lipinski definition) is 3. The summed E-state index contributed by atoms with van der Waals surface area (Å²) in [5.74, 6) is -0.473. The van der Waals surface area contributed by atoms with Crippen LogP contribution in [-0.2, 0) is 17.8 Å². The second kappa shape index (κ2) is 9.38. The van der Waals surface area contributed by atoms with Crippen molar-refractivity contribution in [3.63, 3.8) is 0 Å². The fourth-order valence-corrected chi connectivity index (χ4v) is 3.86. The minimum atomic E-state index is -0.695. The highest BCUT2D eigenvalue weighted by Crippen LogP contribution is 2.18. The first kappa shape index (κ1) is 20.5. The summed E-state index contributed by atoms with van der Waals surface area (Å²) in [6.45, 7) is 2.00. The van der Waals surface area contributed by atoms with E-state index in [1.807, 2.05) is 12.1 Å². The number of hydroxylamine groups is 2. The molecule has 1 saturated heterocycles. The van der Waals surface area contributed by atoms with Gasteiger partial charge in [-0.05, 0) is 54.7 Å². The van der Waals surface area contributed by atoms with Gasteiger partial charge in [0.05, 0.1) is 12.7 Å². The Morgan fingerprint density at radius 1 is 1.10 bits per heavy atom. The van der Waals surface area contributed by atoms with E-state index in [1.165, 1.54) is 16.2 Å². The molecule has 2 heterocycles. The van der Waals surface area contributed by atoms with Crippen LogP contribution in [0.25, 0.3) is 0 Å². The number of rotatable bonds is 5. The van der Waals surface area contributed by atoms with Gasteiger partial charge in [-0.3, -0.25) is 14.4 Å². The smallest absolute Gasteiger partial charge is 0.277 e. The van der Waals surface area contributed by atoms with Gasteiger partial charge in [-0.25, -0.2) is 5.06 Å². The molecule has 0 aromatic heterocycles. The third-order valence-corrected chi connectivity index (χ3v) is 5.67. The maximum atomic E-state index is 12.5. The van der Waals surface area contributed by atoms with Crippen LogP contribution in [-0.4, -0.2) is 53.8 Å². The Labute approximate surface area is 176 Å². The third kappa shape index (κ3) is 4.70. The normalized spacial score (nSPS) is 19.6. The van der Waals surface area contributed by atoms with Crippen LogP contribution in [0.4, 0.5) is 0 Å². The molecule has 7 nitrogen and oxygen atoms in total. The van der Waals surface area contributed by atoms with E-state index in [9.17, 15) is 14.7 Å². The van der Waals surface area contributed by atoms with Crippen molar-refractivity contribution in [3.05, 3.63) is 70.8 Å². The minimum Gasteiger partial charge on any atom is -0.390 e. The van der Waals surface area contributed by atoms with Crippen molar-refractivity contribution in [2.45, 2.75) is 38.0 Å². The number of nitrogens with zero attached hydrogens (tertiary/aromatic N) is 1. The lowest BCUT2D eigenvalue weighted by Crippen LogP contribution is -2.49. The molecule has 2 aromatic carbocycles. The molecule has 2 aliphatic rings. The summed E-state index contributed by atoms with van der Waals surface area (Å²) < 4.78 is 0. The number of aliphatic hydroxyl groups excluding tert-OH is 1. The van der Waals surface area contributed by atoms with Gasteiger partial charge in [-0.15, -0.1) is 0 Å². The summed E-state index contributed by atoms with van der Waals surface area (Å²) >= 11 is 0. The minimum absolute atomic E-state index is 0.107. The van der Waals surface area contributed by atoms with Crippen LogP contribution >= 0.6 is 0 Å². The lowest BCUT2D eigenvalue weighted by molar-refractivity contribution is -0.144. The van der Waals surface area contributed by atoms with Crippen LogP contribution in [0.1, 0.15) is 44.7 Å². The third-order valence-electron chi connectivity index (χ3n) is 5.67. The Bertz CT molecular complexity index is 894. The van der Waals surface area contributed by atoms with Gasteiger partial charge in [0.1, 0.15) is 0 Å². The Morgan fingerprint density at radius 2 is 1.83 bits per heavy atom. The second-order valence-corrected chi connectivity index (χ2v) is 7.76. The number of carbonyl (C=O) groups is 2. The van der Waals surface area contributed by atoms with E-state index >= 15 is 0 Å². The van der Waals surface area contributed by atoms with Gasteiger partial charge in [0.2, 0.25) is 0 Å². The molecule has 30 heavy (non-hydrogen) atoms. The van der Waals surface area contributed by atoms with Crippen LogP contribution < -0.4 is 10.6 Å². The number of nitrogens with one attached hydrogen (secondary N) is 2. The highest BCUT2D eigenvalue weighted by molar-refractivity contribution is 5.97. The SMILES string of the molecule is O=C(NCC(O)C1Cc2ccccc2CN1)c1ccc(C(=O)N2CCCCO2)cc1. The van der Waals surface area contributed by atoms with E-state index in [1.54, 1.807) is 24.3 Å². The number of benzene rings is 2. The summed E-state index contributed by atoms with van der Waals surface area (Å²) in [5, 5.41) is 18.0. The zero-order valence-corrected chi connectivity index (χ0v) is 16.8.